The number of aliphatic imine (C=N–C) groups is 1. The molecule has 0 bridgehead atoms. The van der Waals surface area contributed by atoms with Crippen LogP contribution in [0.15, 0.2) is 4.99 Å². The van der Waals surface area contributed by atoms with E-state index in [2.05, 4.69) is 4.99 Å². The summed E-state index contributed by atoms with van der Waals surface area (Å²) in [7, 11) is 1.89. The van der Waals surface area contributed by atoms with Crippen molar-refractivity contribution in [3.8, 4) is 0 Å². The van der Waals surface area contributed by atoms with Gasteiger partial charge in [0.05, 0.1) is 6.54 Å². The molecule has 1 N–H and O–H groups in total. The molecule has 0 amide bonds. The third kappa shape index (κ3) is 1.99. The van der Waals surface area contributed by atoms with Crippen LogP contribution in [0.1, 0.15) is 13.8 Å². The highest BCUT2D eigenvalue weighted by molar-refractivity contribution is 6.01. The zero-order valence-corrected chi connectivity index (χ0v) is 8.32. The molecule has 0 saturated heterocycles. The van der Waals surface area contributed by atoms with Crippen molar-refractivity contribution >= 4 is 11.8 Å². The molecule has 0 fully saturated rings. The number of likely N-dealkylation sites (N-methyl/N-ethyl adjacent to an activating group) is 1. The molecule has 4 heteroatoms. The van der Waals surface area contributed by atoms with Gasteiger partial charge in [-0.1, -0.05) is 13.8 Å². The fourth-order valence-electron chi connectivity index (χ4n) is 1.58. The van der Waals surface area contributed by atoms with Crippen LogP contribution >= 0.6 is 0 Å². The second-order valence-electron chi connectivity index (χ2n) is 3.72. The molecule has 0 saturated carbocycles. The Morgan fingerprint density at radius 1 is 1.62 bits per heavy atom. The number of amidine groups is 1. The summed E-state index contributed by atoms with van der Waals surface area (Å²) in [5, 5.41) is 9.01. The van der Waals surface area contributed by atoms with Gasteiger partial charge in [0.15, 0.2) is 0 Å². The first kappa shape index (κ1) is 10.0. The third-order valence-electron chi connectivity index (χ3n) is 2.31. The van der Waals surface area contributed by atoms with Crippen molar-refractivity contribution in [2.45, 2.75) is 13.8 Å². The fraction of sp³-hybridized carbons (Fsp3) is 0.778. The van der Waals surface area contributed by atoms with Crippen LogP contribution < -0.4 is 0 Å². The average Bonchev–Trinajstić information content (AvgIpc) is 2.35. The molecule has 1 unspecified atom stereocenters. The smallest absolute Gasteiger partial charge is 0.314 e. The van der Waals surface area contributed by atoms with Crippen molar-refractivity contribution < 1.29 is 9.90 Å². The Morgan fingerprint density at radius 3 is 2.54 bits per heavy atom. The number of aliphatic carboxylic acids is 1. The van der Waals surface area contributed by atoms with Crippen LogP contribution in [0.2, 0.25) is 0 Å². The van der Waals surface area contributed by atoms with Crippen LogP contribution in [0.4, 0.5) is 0 Å². The SMILES string of the molecule is CC(C)C(C(=O)O)C1=NCCN1C. The van der Waals surface area contributed by atoms with E-state index in [-0.39, 0.29) is 5.92 Å². The Hall–Kier alpha value is -1.06. The molecule has 13 heavy (non-hydrogen) atoms. The minimum absolute atomic E-state index is 0.0943. The molecule has 0 aliphatic carbocycles. The van der Waals surface area contributed by atoms with Gasteiger partial charge < -0.3 is 10.0 Å². The fourth-order valence-corrected chi connectivity index (χ4v) is 1.58. The van der Waals surface area contributed by atoms with Crippen LogP contribution in [0.3, 0.4) is 0 Å². The minimum Gasteiger partial charge on any atom is -0.481 e. The molecule has 0 aromatic rings. The normalized spacial score (nSPS) is 19.1. The van der Waals surface area contributed by atoms with Gasteiger partial charge >= 0.3 is 5.97 Å². The Balaban J connectivity index is 2.81. The monoisotopic (exact) mass is 184 g/mol. The lowest BCUT2D eigenvalue weighted by atomic mass is 9.94. The number of carboxylic acid groups (broad SMARTS) is 1. The topological polar surface area (TPSA) is 52.9 Å². The van der Waals surface area contributed by atoms with Gasteiger partial charge in [-0.25, -0.2) is 0 Å². The van der Waals surface area contributed by atoms with E-state index in [0.29, 0.717) is 0 Å². The standard InChI is InChI=1S/C9H16N2O2/c1-6(2)7(9(12)13)8-10-4-5-11(8)3/h6-7H,4-5H2,1-3H3,(H,12,13). The molecule has 1 atom stereocenters. The Morgan fingerprint density at radius 2 is 2.23 bits per heavy atom. The van der Waals surface area contributed by atoms with Crippen molar-refractivity contribution in [1.82, 2.24) is 4.90 Å². The molecule has 1 aliphatic rings. The minimum atomic E-state index is -0.775. The molecule has 1 aliphatic heterocycles. The summed E-state index contributed by atoms with van der Waals surface area (Å²) >= 11 is 0. The van der Waals surface area contributed by atoms with E-state index in [1.807, 2.05) is 25.8 Å². The van der Waals surface area contributed by atoms with Crippen molar-refractivity contribution in [2.75, 3.05) is 20.1 Å². The molecule has 1 heterocycles. The predicted molar refractivity (Wildman–Crippen MR) is 50.9 cm³/mol. The number of carboxylic acids is 1. The Labute approximate surface area is 78.3 Å². The van der Waals surface area contributed by atoms with Crippen LogP contribution in [-0.4, -0.2) is 41.9 Å². The van der Waals surface area contributed by atoms with Gasteiger partial charge in [-0.2, -0.15) is 0 Å². The maximum absolute atomic E-state index is 11.0. The van der Waals surface area contributed by atoms with Crippen LogP contribution in [0, 0.1) is 11.8 Å². The van der Waals surface area contributed by atoms with Gasteiger partial charge in [0.1, 0.15) is 11.8 Å². The highest BCUT2D eigenvalue weighted by Gasteiger charge is 2.31. The average molecular weight is 184 g/mol. The van der Waals surface area contributed by atoms with E-state index < -0.39 is 11.9 Å². The lowest BCUT2D eigenvalue weighted by Gasteiger charge is -2.22. The first-order valence-corrected chi connectivity index (χ1v) is 4.52. The second kappa shape index (κ2) is 3.77. The lowest BCUT2D eigenvalue weighted by Crippen LogP contribution is -2.37. The van der Waals surface area contributed by atoms with Gasteiger partial charge in [0, 0.05) is 13.6 Å². The van der Waals surface area contributed by atoms with E-state index in [1.54, 1.807) is 0 Å². The Kier molecular flexibility index (Phi) is 2.90. The number of hydrogen-bond donors (Lipinski definition) is 1. The Bertz CT molecular complexity index is 236. The molecule has 0 spiro atoms. The van der Waals surface area contributed by atoms with Gasteiger partial charge in [-0.3, -0.25) is 9.79 Å². The molecule has 0 radical (unpaired) electrons. The van der Waals surface area contributed by atoms with Gasteiger partial charge in [-0.05, 0) is 5.92 Å². The van der Waals surface area contributed by atoms with Gasteiger partial charge in [0.2, 0.25) is 0 Å². The zero-order chi connectivity index (χ0) is 10.0. The van der Waals surface area contributed by atoms with Gasteiger partial charge in [-0.15, -0.1) is 0 Å². The molecule has 1 rings (SSSR count). The van der Waals surface area contributed by atoms with Gasteiger partial charge in [0.25, 0.3) is 0 Å². The van der Waals surface area contributed by atoms with E-state index in [9.17, 15) is 4.79 Å². The number of nitrogens with zero attached hydrogens (tertiary/aromatic N) is 2. The summed E-state index contributed by atoms with van der Waals surface area (Å²) in [5.74, 6) is -0.408. The summed E-state index contributed by atoms with van der Waals surface area (Å²) in [6.07, 6.45) is 0. The highest BCUT2D eigenvalue weighted by Crippen LogP contribution is 2.17. The first-order chi connectivity index (χ1) is 6.04. The van der Waals surface area contributed by atoms with Crippen molar-refractivity contribution in [1.29, 1.82) is 0 Å². The molecule has 4 nitrogen and oxygen atoms in total. The number of rotatable bonds is 3. The van der Waals surface area contributed by atoms with E-state index >= 15 is 0 Å². The number of hydrogen-bond acceptors (Lipinski definition) is 3. The molecular formula is C9H16N2O2. The summed E-state index contributed by atoms with van der Waals surface area (Å²) in [6.45, 7) is 5.38. The quantitative estimate of drug-likeness (QED) is 0.702. The van der Waals surface area contributed by atoms with Crippen LogP contribution in [-0.2, 0) is 4.79 Å². The van der Waals surface area contributed by atoms with E-state index in [4.69, 9.17) is 5.11 Å². The summed E-state index contributed by atoms with van der Waals surface area (Å²) < 4.78 is 0. The van der Waals surface area contributed by atoms with Crippen molar-refractivity contribution in [3.63, 3.8) is 0 Å². The molecule has 74 valence electrons. The first-order valence-electron chi connectivity index (χ1n) is 4.52. The third-order valence-corrected chi connectivity index (χ3v) is 2.31. The highest BCUT2D eigenvalue weighted by atomic mass is 16.4. The number of carbonyl (C=O) groups is 1. The molecule has 0 aromatic heterocycles. The molecule has 0 aromatic carbocycles. The maximum atomic E-state index is 11.0. The predicted octanol–water partition coefficient (Wildman–Crippen LogP) is 0.687. The summed E-state index contributed by atoms with van der Waals surface area (Å²) in [6, 6.07) is 0. The lowest BCUT2D eigenvalue weighted by molar-refractivity contribution is -0.140. The zero-order valence-electron chi connectivity index (χ0n) is 8.32. The largest absolute Gasteiger partial charge is 0.481 e. The van der Waals surface area contributed by atoms with Crippen molar-refractivity contribution in [2.24, 2.45) is 16.8 Å². The second-order valence-corrected chi connectivity index (χ2v) is 3.72. The van der Waals surface area contributed by atoms with Crippen molar-refractivity contribution in [3.05, 3.63) is 0 Å². The van der Waals surface area contributed by atoms with E-state index in [0.717, 1.165) is 18.9 Å². The summed E-state index contributed by atoms with van der Waals surface area (Å²) in [5.41, 5.74) is 0. The van der Waals surface area contributed by atoms with Crippen LogP contribution in [0.5, 0.6) is 0 Å². The van der Waals surface area contributed by atoms with E-state index in [1.165, 1.54) is 0 Å². The summed E-state index contributed by atoms with van der Waals surface area (Å²) in [4.78, 5) is 17.1. The molecular weight excluding hydrogens is 168 g/mol. The van der Waals surface area contributed by atoms with Crippen LogP contribution in [0.25, 0.3) is 0 Å². The maximum Gasteiger partial charge on any atom is 0.314 e.